The first-order chi connectivity index (χ1) is 13.4. The van der Waals surface area contributed by atoms with Gasteiger partial charge in [-0.05, 0) is 55.0 Å². The van der Waals surface area contributed by atoms with E-state index < -0.39 is 17.6 Å². The average molecular weight is 389 g/mol. The van der Waals surface area contributed by atoms with Gasteiger partial charge in [0.1, 0.15) is 5.75 Å². The first-order valence-electron chi connectivity index (χ1n) is 8.64. The van der Waals surface area contributed by atoms with Crippen molar-refractivity contribution in [1.29, 1.82) is 0 Å². The molecule has 5 nitrogen and oxygen atoms in total. The number of aromatic nitrogens is 2. The number of nitrogens with one attached hydrogen (secondary N) is 1. The monoisotopic (exact) mass is 389 g/mol. The van der Waals surface area contributed by atoms with Gasteiger partial charge in [-0.2, -0.15) is 18.3 Å². The van der Waals surface area contributed by atoms with Crippen LogP contribution < -0.4 is 10.1 Å². The van der Waals surface area contributed by atoms with E-state index in [-0.39, 0.29) is 11.4 Å². The van der Waals surface area contributed by atoms with E-state index in [1.54, 1.807) is 47.4 Å². The summed E-state index contributed by atoms with van der Waals surface area (Å²) < 4.78 is 46.2. The number of anilines is 1. The number of nitrogens with zero attached hydrogens (tertiary/aromatic N) is 2. The van der Waals surface area contributed by atoms with E-state index in [9.17, 15) is 18.0 Å². The molecule has 8 heteroatoms. The minimum absolute atomic E-state index is 0.0237. The zero-order valence-electron chi connectivity index (χ0n) is 15.0. The Kier molecular flexibility index (Phi) is 5.67. The smallest absolute Gasteiger partial charge is 0.416 e. The van der Waals surface area contributed by atoms with Crippen molar-refractivity contribution in [1.82, 2.24) is 9.78 Å². The number of rotatable bonds is 6. The molecule has 146 valence electrons. The standard InChI is InChI=1S/C20H18F3N3O2/c1-2-12-28-18-9-6-15(20(21,22)23)13-17(18)25-19(27)14-4-7-16(8-5-14)26-11-3-10-24-26/h3-11,13H,2,12H2,1H3,(H,25,27). The molecule has 0 aliphatic heterocycles. The fraction of sp³-hybridized carbons (Fsp3) is 0.200. The lowest BCUT2D eigenvalue weighted by molar-refractivity contribution is -0.137. The molecule has 1 amide bonds. The number of ether oxygens (including phenoxy) is 1. The Morgan fingerprint density at radius 2 is 1.93 bits per heavy atom. The van der Waals surface area contributed by atoms with Crippen LogP contribution in [0.1, 0.15) is 29.3 Å². The number of carbonyl (C=O) groups excluding carboxylic acids is 1. The summed E-state index contributed by atoms with van der Waals surface area (Å²) in [6.07, 6.45) is -0.446. The highest BCUT2D eigenvalue weighted by Gasteiger charge is 2.31. The molecule has 1 N–H and O–H groups in total. The highest BCUT2D eigenvalue weighted by molar-refractivity contribution is 6.05. The van der Waals surface area contributed by atoms with Crippen molar-refractivity contribution in [2.24, 2.45) is 0 Å². The normalized spacial score (nSPS) is 11.3. The van der Waals surface area contributed by atoms with Gasteiger partial charge in [0.05, 0.1) is 23.5 Å². The van der Waals surface area contributed by atoms with Crippen LogP contribution in [0.3, 0.4) is 0 Å². The van der Waals surface area contributed by atoms with Crippen LogP contribution in [-0.4, -0.2) is 22.3 Å². The maximum absolute atomic E-state index is 13.0. The second kappa shape index (κ2) is 8.16. The lowest BCUT2D eigenvalue weighted by atomic mass is 10.1. The Hall–Kier alpha value is -3.29. The zero-order valence-corrected chi connectivity index (χ0v) is 15.0. The van der Waals surface area contributed by atoms with Crippen LogP contribution >= 0.6 is 0 Å². The highest BCUT2D eigenvalue weighted by atomic mass is 19.4. The second-order valence-electron chi connectivity index (χ2n) is 6.01. The van der Waals surface area contributed by atoms with Crippen molar-refractivity contribution in [2.45, 2.75) is 19.5 Å². The van der Waals surface area contributed by atoms with Crippen LogP contribution in [0.4, 0.5) is 18.9 Å². The number of hydrogen-bond donors (Lipinski definition) is 1. The maximum atomic E-state index is 13.0. The van der Waals surface area contributed by atoms with Crippen LogP contribution in [0.25, 0.3) is 5.69 Å². The van der Waals surface area contributed by atoms with Crippen LogP contribution in [0, 0.1) is 0 Å². The Balaban J connectivity index is 1.83. The third-order valence-electron chi connectivity index (χ3n) is 3.92. The zero-order chi connectivity index (χ0) is 20.1. The van der Waals surface area contributed by atoms with Crippen molar-refractivity contribution in [2.75, 3.05) is 11.9 Å². The predicted octanol–water partition coefficient (Wildman–Crippen LogP) is 4.93. The molecule has 1 aromatic heterocycles. The van der Waals surface area contributed by atoms with Crippen LogP contribution in [0.5, 0.6) is 5.75 Å². The Bertz CT molecular complexity index is 936. The first-order valence-corrected chi connectivity index (χ1v) is 8.64. The van der Waals surface area contributed by atoms with Crippen LogP contribution in [0.15, 0.2) is 60.9 Å². The van der Waals surface area contributed by atoms with Gasteiger partial charge in [-0.25, -0.2) is 4.68 Å². The maximum Gasteiger partial charge on any atom is 0.416 e. The molecular weight excluding hydrogens is 371 g/mol. The first kappa shape index (κ1) is 19.5. The van der Waals surface area contributed by atoms with E-state index >= 15 is 0 Å². The Morgan fingerprint density at radius 1 is 1.18 bits per heavy atom. The van der Waals surface area contributed by atoms with E-state index in [0.29, 0.717) is 18.6 Å². The molecule has 1 heterocycles. The van der Waals surface area contributed by atoms with Crippen LogP contribution in [0.2, 0.25) is 0 Å². The number of halogens is 3. The largest absolute Gasteiger partial charge is 0.491 e. The van der Waals surface area contributed by atoms with Gasteiger partial charge in [0.2, 0.25) is 0 Å². The summed E-state index contributed by atoms with van der Waals surface area (Å²) in [5.74, 6) is -0.343. The third-order valence-corrected chi connectivity index (χ3v) is 3.92. The average Bonchev–Trinajstić information content (AvgIpc) is 3.21. The summed E-state index contributed by atoms with van der Waals surface area (Å²) in [5.41, 5.74) is 0.174. The fourth-order valence-electron chi connectivity index (χ4n) is 2.52. The predicted molar refractivity (Wildman–Crippen MR) is 98.7 cm³/mol. The van der Waals surface area contributed by atoms with E-state index in [1.165, 1.54) is 6.07 Å². The summed E-state index contributed by atoms with van der Waals surface area (Å²) in [5, 5.41) is 6.61. The molecule has 3 aromatic rings. The minimum Gasteiger partial charge on any atom is -0.491 e. The van der Waals surface area contributed by atoms with Gasteiger partial charge in [0.15, 0.2) is 0 Å². The SMILES string of the molecule is CCCOc1ccc(C(F)(F)F)cc1NC(=O)c1ccc(-n2cccn2)cc1. The molecule has 0 radical (unpaired) electrons. The molecule has 0 saturated heterocycles. The molecule has 0 unspecified atom stereocenters. The van der Waals surface area contributed by atoms with Crippen molar-refractivity contribution in [3.05, 3.63) is 72.1 Å². The molecule has 0 saturated carbocycles. The van der Waals surface area contributed by atoms with E-state index in [1.807, 2.05) is 6.92 Å². The molecule has 0 fully saturated rings. The molecule has 0 aliphatic carbocycles. The minimum atomic E-state index is -4.52. The lowest BCUT2D eigenvalue weighted by Gasteiger charge is -2.15. The van der Waals surface area contributed by atoms with E-state index in [0.717, 1.165) is 17.8 Å². The van der Waals surface area contributed by atoms with Gasteiger partial charge >= 0.3 is 6.18 Å². The van der Waals surface area contributed by atoms with Crippen molar-refractivity contribution in [3.63, 3.8) is 0 Å². The number of hydrogen-bond acceptors (Lipinski definition) is 3. The number of carbonyl (C=O) groups is 1. The summed E-state index contributed by atoms with van der Waals surface area (Å²) in [6.45, 7) is 2.20. The quantitative estimate of drug-likeness (QED) is 0.650. The lowest BCUT2D eigenvalue weighted by Crippen LogP contribution is -2.15. The molecule has 3 rings (SSSR count). The van der Waals surface area contributed by atoms with Gasteiger partial charge in [-0.3, -0.25) is 4.79 Å². The Morgan fingerprint density at radius 3 is 2.54 bits per heavy atom. The van der Waals surface area contributed by atoms with Crippen molar-refractivity contribution in [3.8, 4) is 11.4 Å². The summed E-state index contributed by atoms with van der Waals surface area (Å²) in [4.78, 5) is 12.5. The summed E-state index contributed by atoms with van der Waals surface area (Å²) >= 11 is 0. The molecule has 0 bridgehead atoms. The third kappa shape index (κ3) is 4.51. The van der Waals surface area contributed by atoms with Crippen molar-refractivity contribution >= 4 is 11.6 Å². The van der Waals surface area contributed by atoms with E-state index in [2.05, 4.69) is 10.4 Å². The number of benzene rings is 2. The highest BCUT2D eigenvalue weighted by Crippen LogP contribution is 2.35. The van der Waals surface area contributed by atoms with Crippen LogP contribution in [-0.2, 0) is 6.18 Å². The number of alkyl halides is 3. The van der Waals surface area contributed by atoms with Gasteiger partial charge in [0, 0.05) is 18.0 Å². The molecule has 2 aromatic carbocycles. The molecule has 28 heavy (non-hydrogen) atoms. The molecule has 0 aliphatic rings. The topological polar surface area (TPSA) is 56.1 Å². The van der Waals surface area contributed by atoms with Gasteiger partial charge in [0.25, 0.3) is 5.91 Å². The van der Waals surface area contributed by atoms with E-state index in [4.69, 9.17) is 4.74 Å². The fourth-order valence-corrected chi connectivity index (χ4v) is 2.52. The molecule has 0 spiro atoms. The Labute approximate surface area is 159 Å². The van der Waals surface area contributed by atoms with Gasteiger partial charge < -0.3 is 10.1 Å². The van der Waals surface area contributed by atoms with Gasteiger partial charge in [-0.1, -0.05) is 6.92 Å². The molecular formula is C20H18F3N3O2. The second-order valence-corrected chi connectivity index (χ2v) is 6.01. The molecule has 0 atom stereocenters. The summed E-state index contributed by atoms with van der Waals surface area (Å²) in [7, 11) is 0. The number of amides is 1. The summed E-state index contributed by atoms with van der Waals surface area (Å²) in [6, 6.07) is 11.3. The van der Waals surface area contributed by atoms with Crippen molar-refractivity contribution < 1.29 is 22.7 Å². The van der Waals surface area contributed by atoms with Gasteiger partial charge in [-0.15, -0.1) is 0 Å².